The lowest BCUT2D eigenvalue weighted by atomic mass is 10.5. The lowest BCUT2D eigenvalue weighted by Crippen LogP contribution is -2.11. The fourth-order valence-corrected chi connectivity index (χ4v) is 0.874. The van der Waals surface area contributed by atoms with Crippen molar-refractivity contribution in [2.75, 3.05) is 46.2 Å². The molecule has 0 unspecified atom stereocenters. The number of alkyl halides is 1. The molecule has 0 atom stereocenters. The van der Waals surface area contributed by atoms with Gasteiger partial charge in [0.05, 0.1) is 39.5 Å². The van der Waals surface area contributed by atoms with Crippen LogP contribution < -0.4 is 0 Å². The Morgan fingerprint density at radius 1 is 1.07 bits per heavy atom. The van der Waals surface area contributed by atoms with E-state index in [-0.39, 0.29) is 18.5 Å². The molecule has 15 heavy (non-hydrogen) atoms. The molecule has 0 spiro atoms. The molecule has 0 aliphatic carbocycles. The molecular weight excluding hydrogens is 224 g/mol. The third-order valence-electron chi connectivity index (χ3n) is 1.47. The molecule has 0 aromatic rings. The summed E-state index contributed by atoms with van der Waals surface area (Å²) >= 11 is 5.19. The largest absolute Gasteiger partial charge is 0.449 e. The van der Waals surface area contributed by atoms with Gasteiger partial charge in [0.15, 0.2) is 6.07 Å². The van der Waals surface area contributed by atoms with Crippen molar-refractivity contribution < 1.29 is 23.7 Å². The highest BCUT2D eigenvalue weighted by atomic mass is 35.5. The zero-order valence-corrected chi connectivity index (χ0v) is 9.62. The summed E-state index contributed by atoms with van der Waals surface area (Å²) in [5, 5.41) is 0. The van der Waals surface area contributed by atoms with E-state index in [0.717, 1.165) is 0 Å². The molecular formula is C9H17ClO5. The van der Waals surface area contributed by atoms with Gasteiger partial charge in [0.2, 0.25) is 0 Å². The third-order valence-corrected chi connectivity index (χ3v) is 1.58. The number of carbonyl (C=O) groups is 1. The molecule has 5 nitrogen and oxygen atoms in total. The van der Waals surface area contributed by atoms with E-state index in [9.17, 15) is 4.79 Å². The molecule has 0 saturated carbocycles. The molecule has 0 heterocycles. The smallest absolute Gasteiger partial charge is 0.309 e. The maximum atomic E-state index is 10.8. The first-order valence-electron chi connectivity index (χ1n) is 4.67. The number of ether oxygens (including phenoxy) is 4. The number of methoxy groups -OCH3 is 1. The Bertz CT molecular complexity index is 153. The maximum Gasteiger partial charge on any atom is 0.309 e. The lowest BCUT2D eigenvalue weighted by molar-refractivity contribution is -0.142. The summed E-state index contributed by atoms with van der Waals surface area (Å²) in [5.74, 6) is -0.356. The number of hydrogen-bond acceptors (Lipinski definition) is 5. The van der Waals surface area contributed by atoms with E-state index in [0.29, 0.717) is 33.0 Å². The van der Waals surface area contributed by atoms with Gasteiger partial charge in [-0.15, -0.1) is 0 Å². The zero-order chi connectivity index (χ0) is 11.4. The fraction of sp³-hybridized carbons (Fsp3) is 0.889. The van der Waals surface area contributed by atoms with Crippen LogP contribution in [-0.4, -0.2) is 52.2 Å². The second-order valence-corrected chi connectivity index (χ2v) is 2.81. The highest BCUT2D eigenvalue weighted by Gasteiger charge is 2.00. The molecule has 90 valence electrons. The Kier molecular flexibility index (Phi) is 11.4. The summed E-state index contributed by atoms with van der Waals surface area (Å²) in [6.45, 7) is 2.39. The lowest BCUT2D eigenvalue weighted by Gasteiger charge is -2.04. The summed E-state index contributed by atoms with van der Waals surface area (Å²) in [6.07, 6.45) is 0.213. The van der Waals surface area contributed by atoms with Crippen molar-refractivity contribution in [1.82, 2.24) is 0 Å². The molecule has 0 amide bonds. The molecule has 6 heteroatoms. The summed E-state index contributed by atoms with van der Waals surface area (Å²) in [4.78, 5) is 10.8. The highest BCUT2D eigenvalue weighted by molar-refractivity contribution is 6.17. The van der Waals surface area contributed by atoms with Crippen LogP contribution in [0.3, 0.4) is 0 Å². The Labute approximate surface area is 94.6 Å². The van der Waals surface area contributed by atoms with Crippen LogP contribution in [0.5, 0.6) is 0 Å². The minimum absolute atomic E-state index is 0.112. The van der Waals surface area contributed by atoms with Gasteiger partial charge in [0.1, 0.15) is 0 Å². The van der Waals surface area contributed by atoms with E-state index >= 15 is 0 Å². The first-order valence-corrected chi connectivity index (χ1v) is 5.20. The second kappa shape index (κ2) is 11.7. The van der Waals surface area contributed by atoms with Crippen molar-refractivity contribution >= 4 is 17.6 Å². The molecule has 0 N–H and O–H groups in total. The average Bonchev–Trinajstić information content (AvgIpc) is 2.22. The first-order chi connectivity index (χ1) is 7.31. The summed E-state index contributed by atoms with van der Waals surface area (Å²) in [7, 11) is 1.61. The van der Waals surface area contributed by atoms with E-state index in [4.69, 9.17) is 25.8 Å². The minimum atomic E-state index is -0.356. The monoisotopic (exact) mass is 240 g/mol. The van der Waals surface area contributed by atoms with Gasteiger partial charge in [-0.2, -0.15) is 0 Å². The van der Waals surface area contributed by atoms with Crippen molar-refractivity contribution in [1.29, 1.82) is 0 Å². The van der Waals surface area contributed by atoms with Gasteiger partial charge in [0.25, 0.3) is 0 Å². The van der Waals surface area contributed by atoms with Crippen molar-refractivity contribution in [2.24, 2.45) is 0 Å². The molecule has 0 saturated heterocycles. The van der Waals surface area contributed by atoms with Crippen molar-refractivity contribution in [3.63, 3.8) is 0 Å². The molecule has 0 fully saturated rings. The standard InChI is InChI=1S/C9H17ClO5/c1-12-4-5-14-7-6-13-3-2-9(11)15-8-10/h2-8H2,1H3. The van der Waals surface area contributed by atoms with Crippen LogP contribution in [0.15, 0.2) is 0 Å². The Hall–Kier alpha value is -0.360. The molecule has 0 bridgehead atoms. The molecule has 0 aliphatic heterocycles. The number of hydrogen-bond donors (Lipinski definition) is 0. The van der Waals surface area contributed by atoms with Crippen LogP contribution >= 0.6 is 11.6 Å². The van der Waals surface area contributed by atoms with E-state index in [1.807, 2.05) is 0 Å². The van der Waals surface area contributed by atoms with E-state index in [1.54, 1.807) is 7.11 Å². The predicted octanol–water partition coefficient (Wildman–Crippen LogP) is 0.796. The van der Waals surface area contributed by atoms with Gasteiger partial charge in [0, 0.05) is 7.11 Å². The van der Waals surface area contributed by atoms with Crippen LogP contribution in [0.2, 0.25) is 0 Å². The van der Waals surface area contributed by atoms with Gasteiger partial charge >= 0.3 is 5.97 Å². The van der Waals surface area contributed by atoms with Crippen molar-refractivity contribution in [3.8, 4) is 0 Å². The summed E-state index contributed by atoms with van der Waals surface area (Å²) in [5.41, 5.74) is 0. The SMILES string of the molecule is COCCOCCOCCC(=O)OCCl. The predicted molar refractivity (Wildman–Crippen MR) is 54.9 cm³/mol. The Morgan fingerprint density at radius 2 is 1.67 bits per heavy atom. The number of carbonyl (C=O) groups excluding carboxylic acids is 1. The van der Waals surface area contributed by atoms with Gasteiger partial charge in [-0.3, -0.25) is 4.79 Å². The molecule has 0 rings (SSSR count). The Balaban J connectivity index is 3.01. The van der Waals surface area contributed by atoms with Crippen LogP contribution in [-0.2, 0) is 23.7 Å². The topological polar surface area (TPSA) is 54.0 Å². The van der Waals surface area contributed by atoms with Gasteiger partial charge in [-0.05, 0) is 0 Å². The van der Waals surface area contributed by atoms with Gasteiger partial charge in [-0.1, -0.05) is 11.6 Å². The number of esters is 1. The number of rotatable bonds is 10. The molecule has 0 aliphatic rings. The molecule has 0 aromatic carbocycles. The third kappa shape index (κ3) is 11.6. The average molecular weight is 241 g/mol. The second-order valence-electron chi connectivity index (χ2n) is 2.59. The summed E-state index contributed by atoms with van der Waals surface area (Å²) in [6, 6.07) is -0.112. The van der Waals surface area contributed by atoms with E-state index in [1.165, 1.54) is 0 Å². The van der Waals surface area contributed by atoms with Crippen LogP contribution in [0, 0.1) is 0 Å². The van der Waals surface area contributed by atoms with Crippen LogP contribution in [0.4, 0.5) is 0 Å². The highest BCUT2D eigenvalue weighted by Crippen LogP contribution is 1.90. The minimum Gasteiger partial charge on any atom is -0.449 e. The van der Waals surface area contributed by atoms with Crippen molar-refractivity contribution in [3.05, 3.63) is 0 Å². The molecule has 0 aromatic heterocycles. The van der Waals surface area contributed by atoms with Crippen LogP contribution in [0.1, 0.15) is 6.42 Å². The fourth-order valence-electron chi connectivity index (χ4n) is 0.753. The Morgan fingerprint density at radius 3 is 2.27 bits per heavy atom. The van der Waals surface area contributed by atoms with Crippen LogP contribution in [0.25, 0.3) is 0 Å². The van der Waals surface area contributed by atoms with Gasteiger partial charge in [-0.25, -0.2) is 0 Å². The van der Waals surface area contributed by atoms with E-state index < -0.39 is 0 Å². The van der Waals surface area contributed by atoms with Gasteiger partial charge < -0.3 is 18.9 Å². The normalized spacial score (nSPS) is 10.3. The number of halogens is 1. The maximum absolute atomic E-state index is 10.8. The zero-order valence-electron chi connectivity index (χ0n) is 8.87. The van der Waals surface area contributed by atoms with Crippen molar-refractivity contribution in [2.45, 2.75) is 6.42 Å². The summed E-state index contributed by atoms with van der Waals surface area (Å²) < 4.78 is 19.6. The molecule has 0 radical (unpaired) electrons. The quantitative estimate of drug-likeness (QED) is 0.321. The first kappa shape index (κ1) is 14.6. The van der Waals surface area contributed by atoms with E-state index in [2.05, 4.69) is 4.74 Å².